The lowest BCUT2D eigenvalue weighted by Gasteiger charge is -2.02. The minimum absolute atomic E-state index is 0.401. The van der Waals surface area contributed by atoms with E-state index in [-0.39, 0.29) is 0 Å². The Hall–Kier alpha value is -0.960. The van der Waals surface area contributed by atoms with Crippen molar-refractivity contribution in [2.75, 3.05) is 0 Å². The van der Waals surface area contributed by atoms with Crippen LogP contribution < -0.4 is 0 Å². The highest BCUT2D eigenvalue weighted by Crippen LogP contribution is 2.02. The summed E-state index contributed by atoms with van der Waals surface area (Å²) in [5.41, 5.74) is 0.849. The minimum Gasteiger partial charge on any atom is -0.393 e. The number of aliphatic hydroxyl groups excluding tert-OH is 1. The number of aliphatic hydroxyl groups is 1. The van der Waals surface area contributed by atoms with Crippen LogP contribution in [0.15, 0.2) is 18.3 Å². The number of rotatable bonds is 2. The van der Waals surface area contributed by atoms with Gasteiger partial charge in [-0.1, -0.05) is 6.07 Å². The Kier molecular flexibility index (Phi) is 2.54. The molecule has 1 heterocycles. The molecule has 0 radical (unpaired) electrons. The zero-order valence-electron chi connectivity index (χ0n) is 6.29. The van der Waals surface area contributed by atoms with Crippen molar-refractivity contribution < 1.29 is 9.50 Å². The van der Waals surface area contributed by atoms with Crippen molar-refractivity contribution in [1.29, 1.82) is 0 Å². The van der Waals surface area contributed by atoms with Gasteiger partial charge >= 0.3 is 0 Å². The van der Waals surface area contributed by atoms with Gasteiger partial charge in [0.15, 0.2) is 0 Å². The van der Waals surface area contributed by atoms with Crippen LogP contribution in [0.3, 0.4) is 0 Å². The molecule has 1 atom stereocenters. The molecule has 0 aliphatic carbocycles. The van der Waals surface area contributed by atoms with Crippen LogP contribution in [-0.4, -0.2) is 16.2 Å². The maximum absolute atomic E-state index is 12.3. The number of aromatic nitrogens is 1. The van der Waals surface area contributed by atoms with Crippen LogP contribution in [0.5, 0.6) is 0 Å². The highest BCUT2D eigenvalue weighted by atomic mass is 19.1. The molecule has 0 unspecified atom stereocenters. The Morgan fingerprint density at radius 2 is 2.36 bits per heavy atom. The first-order valence-corrected chi connectivity index (χ1v) is 3.47. The van der Waals surface area contributed by atoms with Crippen LogP contribution in [0.1, 0.15) is 12.5 Å². The molecule has 11 heavy (non-hydrogen) atoms. The second kappa shape index (κ2) is 3.44. The molecule has 0 saturated carbocycles. The predicted molar refractivity (Wildman–Crippen MR) is 39.6 cm³/mol. The Labute approximate surface area is 64.7 Å². The van der Waals surface area contributed by atoms with Gasteiger partial charge in [-0.3, -0.25) is 0 Å². The maximum atomic E-state index is 12.3. The second-order valence-electron chi connectivity index (χ2n) is 2.54. The lowest BCUT2D eigenvalue weighted by atomic mass is 10.1. The summed E-state index contributed by atoms with van der Waals surface area (Å²) in [7, 11) is 0. The summed E-state index contributed by atoms with van der Waals surface area (Å²) in [5, 5.41) is 8.95. The predicted octanol–water partition coefficient (Wildman–Crippen LogP) is 1.14. The monoisotopic (exact) mass is 155 g/mol. The lowest BCUT2D eigenvalue weighted by molar-refractivity contribution is 0.195. The topological polar surface area (TPSA) is 33.1 Å². The first-order chi connectivity index (χ1) is 5.18. The molecule has 1 aromatic rings. The third-order valence-electron chi connectivity index (χ3n) is 1.32. The van der Waals surface area contributed by atoms with Gasteiger partial charge in [-0.15, -0.1) is 0 Å². The van der Waals surface area contributed by atoms with Gasteiger partial charge in [-0.05, 0) is 25.0 Å². The molecule has 0 bridgehead atoms. The Morgan fingerprint density at radius 1 is 1.64 bits per heavy atom. The van der Waals surface area contributed by atoms with E-state index in [0.717, 1.165) is 5.56 Å². The summed E-state index contributed by atoms with van der Waals surface area (Å²) < 4.78 is 12.3. The fraction of sp³-hybridized carbons (Fsp3) is 0.375. The summed E-state index contributed by atoms with van der Waals surface area (Å²) in [6.45, 7) is 1.68. The number of hydrogen-bond donors (Lipinski definition) is 1. The van der Waals surface area contributed by atoms with Crippen molar-refractivity contribution >= 4 is 0 Å². The molecule has 0 aliphatic rings. The largest absolute Gasteiger partial charge is 0.393 e. The van der Waals surface area contributed by atoms with E-state index in [4.69, 9.17) is 5.11 Å². The molecule has 1 N–H and O–H groups in total. The van der Waals surface area contributed by atoms with Gasteiger partial charge in [-0.2, -0.15) is 4.39 Å². The van der Waals surface area contributed by atoms with E-state index in [9.17, 15) is 4.39 Å². The molecule has 1 aromatic heterocycles. The Morgan fingerprint density at radius 3 is 2.82 bits per heavy atom. The Balaban J connectivity index is 2.66. The van der Waals surface area contributed by atoms with Gasteiger partial charge in [0.25, 0.3) is 0 Å². The third kappa shape index (κ3) is 2.63. The molecule has 0 saturated heterocycles. The van der Waals surface area contributed by atoms with Crippen molar-refractivity contribution in [2.24, 2.45) is 0 Å². The highest BCUT2D eigenvalue weighted by Gasteiger charge is 1.98. The van der Waals surface area contributed by atoms with E-state index in [0.29, 0.717) is 6.42 Å². The third-order valence-corrected chi connectivity index (χ3v) is 1.32. The average Bonchev–Trinajstić information content (AvgIpc) is 1.93. The molecule has 60 valence electrons. The summed E-state index contributed by atoms with van der Waals surface area (Å²) >= 11 is 0. The zero-order valence-corrected chi connectivity index (χ0v) is 6.29. The lowest BCUT2D eigenvalue weighted by Crippen LogP contribution is -2.04. The summed E-state index contributed by atoms with van der Waals surface area (Å²) in [6, 6.07) is 2.91. The molecular formula is C8H10FNO. The molecule has 1 rings (SSSR count). The van der Waals surface area contributed by atoms with Crippen molar-refractivity contribution in [3.05, 3.63) is 29.8 Å². The standard InChI is InChI=1S/C8H10FNO/c1-6(11)4-7-2-3-8(9)10-5-7/h2-3,5-6,11H,4H2,1H3/t6-/m0/s1. The van der Waals surface area contributed by atoms with Crippen LogP contribution >= 0.6 is 0 Å². The van der Waals surface area contributed by atoms with E-state index in [1.54, 1.807) is 13.0 Å². The van der Waals surface area contributed by atoms with Crippen LogP contribution in [0, 0.1) is 5.95 Å². The summed E-state index contributed by atoms with van der Waals surface area (Å²) in [6.07, 6.45) is 1.55. The fourth-order valence-corrected chi connectivity index (χ4v) is 0.868. The molecule has 0 spiro atoms. The number of nitrogens with zero attached hydrogens (tertiary/aromatic N) is 1. The SMILES string of the molecule is C[C@H](O)Cc1ccc(F)nc1. The van der Waals surface area contributed by atoms with Crippen molar-refractivity contribution in [3.8, 4) is 0 Å². The van der Waals surface area contributed by atoms with Crippen molar-refractivity contribution in [3.63, 3.8) is 0 Å². The fourth-order valence-electron chi connectivity index (χ4n) is 0.868. The zero-order chi connectivity index (χ0) is 8.27. The molecule has 0 aromatic carbocycles. The van der Waals surface area contributed by atoms with E-state index < -0.39 is 12.1 Å². The van der Waals surface area contributed by atoms with E-state index in [2.05, 4.69) is 4.98 Å². The first-order valence-electron chi connectivity index (χ1n) is 3.47. The molecule has 0 amide bonds. The molecule has 2 nitrogen and oxygen atoms in total. The van der Waals surface area contributed by atoms with Crippen LogP contribution in [0.2, 0.25) is 0 Å². The molecular weight excluding hydrogens is 145 g/mol. The van der Waals surface area contributed by atoms with E-state index >= 15 is 0 Å². The van der Waals surface area contributed by atoms with Gasteiger partial charge in [-0.25, -0.2) is 4.98 Å². The Bertz CT molecular complexity index is 220. The average molecular weight is 155 g/mol. The number of pyridine rings is 1. The van der Waals surface area contributed by atoms with Crippen LogP contribution in [0.25, 0.3) is 0 Å². The summed E-state index contributed by atoms with van der Waals surface area (Å²) in [4.78, 5) is 3.45. The van der Waals surface area contributed by atoms with E-state index in [1.807, 2.05) is 0 Å². The van der Waals surface area contributed by atoms with Crippen LogP contribution in [0.4, 0.5) is 4.39 Å². The molecule has 0 aliphatic heterocycles. The minimum atomic E-state index is -0.487. The van der Waals surface area contributed by atoms with E-state index in [1.165, 1.54) is 12.3 Å². The van der Waals surface area contributed by atoms with Gasteiger partial charge in [0, 0.05) is 6.20 Å². The van der Waals surface area contributed by atoms with Crippen molar-refractivity contribution in [2.45, 2.75) is 19.4 Å². The second-order valence-corrected chi connectivity index (χ2v) is 2.54. The quantitative estimate of drug-likeness (QED) is 0.650. The van der Waals surface area contributed by atoms with Crippen molar-refractivity contribution in [1.82, 2.24) is 4.98 Å². The normalized spacial score (nSPS) is 13.0. The molecule has 3 heteroatoms. The smallest absolute Gasteiger partial charge is 0.212 e. The first kappa shape index (κ1) is 8.14. The van der Waals surface area contributed by atoms with Crippen LogP contribution in [-0.2, 0) is 6.42 Å². The van der Waals surface area contributed by atoms with Gasteiger partial charge in [0.05, 0.1) is 6.10 Å². The number of halogens is 1. The molecule has 0 fully saturated rings. The summed E-state index contributed by atoms with van der Waals surface area (Å²) in [5.74, 6) is -0.487. The van der Waals surface area contributed by atoms with Gasteiger partial charge in [0.2, 0.25) is 5.95 Å². The maximum Gasteiger partial charge on any atom is 0.212 e. The van der Waals surface area contributed by atoms with Gasteiger partial charge in [0.1, 0.15) is 0 Å². The number of hydrogen-bond acceptors (Lipinski definition) is 2. The van der Waals surface area contributed by atoms with Gasteiger partial charge < -0.3 is 5.11 Å². The highest BCUT2D eigenvalue weighted by molar-refractivity contribution is 5.09.